The average molecular weight is 195 g/mol. The van der Waals surface area contributed by atoms with Gasteiger partial charge in [-0.15, -0.1) is 11.8 Å². The average Bonchev–Trinajstić information content (AvgIpc) is 2.12. The van der Waals surface area contributed by atoms with Crippen molar-refractivity contribution < 1.29 is 5.11 Å². The first kappa shape index (κ1) is 9.06. The zero-order chi connectivity index (χ0) is 9.10. The Morgan fingerprint density at radius 2 is 2.00 bits per heavy atom. The van der Waals surface area contributed by atoms with Crippen molar-refractivity contribution in [2.24, 2.45) is 0 Å². The first-order valence-corrected chi connectivity index (χ1v) is 5.41. The van der Waals surface area contributed by atoms with Crippen LogP contribution in [0.15, 0.2) is 35.2 Å². The number of aliphatic hydroxyl groups is 1. The second-order valence-corrected chi connectivity index (χ2v) is 4.29. The Morgan fingerprint density at radius 3 is 2.62 bits per heavy atom. The van der Waals surface area contributed by atoms with Crippen LogP contribution in [0.4, 0.5) is 0 Å². The first-order chi connectivity index (χ1) is 6.34. The highest BCUT2D eigenvalue weighted by Crippen LogP contribution is 2.20. The molecule has 1 N–H and O–H groups in total. The predicted molar refractivity (Wildman–Crippen MR) is 54.7 cm³/mol. The van der Waals surface area contributed by atoms with Crippen molar-refractivity contribution in [2.45, 2.75) is 11.0 Å². The molecule has 1 fully saturated rings. The van der Waals surface area contributed by atoms with E-state index in [0.29, 0.717) is 0 Å². The number of hydrogen-bond donors (Lipinski definition) is 1. The summed E-state index contributed by atoms with van der Waals surface area (Å²) in [6.45, 7) is 1.67. The lowest BCUT2D eigenvalue weighted by Crippen LogP contribution is -2.50. The summed E-state index contributed by atoms with van der Waals surface area (Å²) >= 11 is 1.82. The molecule has 0 bridgehead atoms. The van der Waals surface area contributed by atoms with Gasteiger partial charge < -0.3 is 5.11 Å². The standard InChI is InChI=1S/C10H13NOS/c12-9-6-11(7-9)8-13-10-4-2-1-3-5-10/h1-5,9,12H,6-8H2. The fourth-order valence-corrected chi connectivity index (χ4v) is 2.22. The van der Waals surface area contributed by atoms with Crippen molar-refractivity contribution in [3.05, 3.63) is 30.3 Å². The SMILES string of the molecule is OC1CN(CSc2ccccc2)C1. The highest BCUT2D eigenvalue weighted by molar-refractivity contribution is 7.99. The van der Waals surface area contributed by atoms with Gasteiger partial charge in [-0.3, -0.25) is 4.90 Å². The van der Waals surface area contributed by atoms with Crippen molar-refractivity contribution >= 4 is 11.8 Å². The van der Waals surface area contributed by atoms with Crippen LogP contribution in [0.2, 0.25) is 0 Å². The van der Waals surface area contributed by atoms with E-state index >= 15 is 0 Å². The molecule has 3 heteroatoms. The lowest BCUT2D eigenvalue weighted by molar-refractivity contribution is 0.0154. The molecule has 0 saturated carbocycles. The quantitative estimate of drug-likeness (QED) is 0.738. The third-order valence-electron chi connectivity index (χ3n) is 2.09. The summed E-state index contributed by atoms with van der Waals surface area (Å²) in [5.41, 5.74) is 0. The Balaban J connectivity index is 1.74. The predicted octanol–water partition coefficient (Wildman–Crippen LogP) is 1.41. The van der Waals surface area contributed by atoms with Crippen molar-refractivity contribution in [1.29, 1.82) is 0 Å². The van der Waals surface area contributed by atoms with E-state index in [1.807, 2.05) is 30.0 Å². The molecule has 0 spiro atoms. The molecule has 1 aromatic rings. The molecular weight excluding hydrogens is 182 g/mol. The maximum Gasteiger partial charge on any atom is 0.0794 e. The molecule has 70 valence electrons. The van der Waals surface area contributed by atoms with Gasteiger partial charge in [-0.05, 0) is 12.1 Å². The van der Waals surface area contributed by atoms with Gasteiger partial charge in [0, 0.05) is 23.9 Å². The monoisotopic (exact) mass is 195 g/mol. The largest absolute Gasteiger partial charge is 0.390 e. The van der Waals surface area contributed by atoms with Crippen LogP contribution in [-0.4, -0.2) is 35.1 Å². The van der Waals surface area contributed by atoms with Gasteiger partial charge in [0.25, 0.3) is 0 Å². The second kappa shape index (κ2) is 4.13. The highest BCUT2D eigenvalue weighted by atomic mass is 32.2. The van der Waals surface area contributed by atoms with Crippen molar-refractivity contribution in [1.82, 2.24) is 4.90 Å². The summed E-state index contributed by atoms with van der Waals surface area (Å²) in [5.74, 6) is 0.987. The van der Waals surface area contributed by atoms with Crippen LogP contribution in [0.3, 0.4) is 0 Å². The van der Waals surface area contributed by atoms with E-state index < -0.39 is 0 Å². The Bertz CT molecular complexity index is 259. The first-order valence-electron chi connectivity index (χ1n) is 4.43. The molecule has 1 heterocycles. The molecule has 0 atom stereocenters. The molecule has 13 heavy (non-hydrogen) atoms. The molecule has 2 rings (SSSR count). The minimum atomic E-state index is -0.0867. The zero-order valence-corrected chi connectivity index (χ0v) is 8.20. The number of benzene rings is 1. The summed E-state index contributed by atoms with van der Waals surface area (Å²) in [5, 5.41) is 9.06. The van der Waals surface area contributed by atoms with E-state index in [1.54, 1.807) is 0 Å². The summed E-state index contributed by atoms with van der Waals surface area (Å²) < 4.78 is 0. The fourth-order valence-electron chi connectivity index (χ4n) is 1.33. The van der Waals surface area contributed by atoms with E-state index in [-0.39, 0.29) is 6.10 Å². The Hall–Kier alpha value is -0.510. The number of nitrogens with zero attached hydrogens (tertiary/aromatic N) is 1. The summed E-state index contributed by atoms with van der Waals surface area (Å²) in [6.07, 6.45) is -0.0867. The van der Waals surface area contributed by atoms with Crippen LogP contribution in [0, 0.1) is 0 Å². The van der Waals surface area contributed by atoms with Gasteiger partial charge in [0.2, 0.25) is 0 Å². The van der Waals surface area contributed by atoms with Crippen LogP contribution in [0.1, 0.15) is 0 Å². The van der Waals surface area contributed by atoms with E-state index in [4.69, 9.17) is 5.11 Å². The van der Waals surface area contributed by atoms with Gasteiger partial charge in [0.15, 0.2) is 0 Å². The van der Waals surface area contributed by atoms with Crippen LogP contribution < -0.4 is 0 Å². The number of hydrogen-bond acceptors (Lipinski definition) is 3. The lowest BCUT2D eigenvalue weighted by atomic mass is 10.2. The topological polar surface area (TPSA) is 23.5 Å². The van der Waals surface area contributed by atoms with Crippen LogP contribution >= 0.6 is 11.8 Å². The third kappa shape index (κ3) is 2.46. The van der Waals surface area contributed by atoms with Crippen LogP contribution in [-0.2, 0) is 0 Å². The zero-order valence-electron chi connectivity index (χ0n) is 7.39. The van der Waals surface area contributed by atoms with Gasteiger partial charge in [-0.25, -0.2) is 0 Å². The van der Waals surface area contributed by atoms with Gasteiger partial charge in [-0.2, -0.15) is 0 Å². The van der Waals surface area contributed by atoms with E-state index in [2.05, 4.69) is 17.0 Å². The molecular formula is C10H13NOS. The molecule has 0 amide bonds. The molecule has 1 aliphatic heterocycles. The van der Waals surface area contributed by atoms with Gasteiger partial charge in [-0.1, -0.05) is 18.2 Å². The van der Waals surface area contributed by atoms with E-state index in [0.717, 1.165) is 19.0 Å². The van der Waals surface area contributed by atoms with Gasteiger partial charge in [0.05, 0.1) is 6.10 Å². The minimum absolute atomic E-state index is 0.0867. The summed E-state index contributed by atoms with van der Waals surface area (Å²) in [7, 11) is 0. The fraction of sp³-hybridized carbons (Fsp3) is 0.400. The smallest absolute Gasteiger partial charge is 0.0794 e. The van der Waals surface area contributed by atoms with Crippen LogP contribution in [0.5, 0.6) is 0 Å². The van der Waals surface area contributed by atoms with Crippen molar-refractivity contribution in [3.63, 3.8) is 0 Å². The number of rotatable bonds is 3. The summed E-state index contributed by atoms with van der Waals surface area (Å²) in [4.78, 5) is 3.53. The Labute approximate surface area is 82.6 Å². The number of thioether (sulfide) groups is 1. The van der Waals surface area contributed by atoms with Crippen molar-refractivity contribution in [2.75, 3.05) is 19.0 Å². The number of likely N-dealkylation sites (tertiary alicyclic amines) is 1. The minimum Gasteiger partial charge on any atom is -0.390 e. The highest BCUT2D eigenvalue weighted by Gasteiger charge is 2.23. The molecule has 1 saturated heterocycles. The molecule has 2 nitrogen and oxygen atoms in total. The third-order valence-corrected chi connectivity index (χ3v) is 3.19. The van der Waals surface area contributed by atoms with Gasteiger partial charge in [0.1, 0.15) is 0 Å². The number of aliphatic hydroxyl groups excluding tert-OH is 1. The molecule has 0 aromatic heterocycles. The Morgan fingerprint density at radius 1 is 1.31 bits per heavy atom. The van der Waals surface area contributed by atoms with Gasteiger partial charge >= 0.3 is 0 Å². The molecule has 1 aliphatic rings. The number of β-amino-alcohol motifs (C(OH)–C–C–N with tert-alkyl or cyclic N) is 1. The molecule has 0 radical (unpaired) electrons. The summed E-state index contributed by atoms with van der Waals surface area (Å²) in [6, 6.07) is 10.3. The Kier molecular flexibility index (Phi) is 2.88. The second-order valence-electron chi connectivity index (χ2n) is 3.28. The maximum atomic E-state index is 9.06. The van der Waals surface area contributed by atoms with E-state index in [9.17, 15) is 0 Å². The lowest BCUT2D eigenvalue weighted by Gasteiger charge is -2.35. The normalized spacial score (nSPS) is 18.5. The molecule has 0 aliphatic carbocycles. The maximum absolute atomic E-state index is 9.06. The van der Waals surface area contributed by atoms with E-state index in [1.165, 1.54) is 4.90 Å². The molecule has 0 unspecified atom stereocenters. The van der Waals surface area contributed by atoms with Crippen molar-refractivity contribution in [3.8, 4) is 0 Å². The molecule has 1 aromatic carbocycles. The van der Waals surface area contributed by atoms with Crippen LogP contribution in [0.25, 0.3) is 0 Å².